The predicted molar refractivity (Wildman–Crippen MR) is 99.5 cm³/mol. The Bertz CT molecular complexity index is 970. The lowest BCUT2D eigenvalue weighted by Crippen LogP contribution is -1.88. The van der Waals surface area contributed by atoms with Gasteiger partial charge in [0, 0.05) is 5.33 Å². The molecule has 4 aromatic rings. The third-order valence-electron chi connectivity index (χ3n) is 4.24. The Kier molecular flexibility index (Phi) is 3.44. The molecule has 0 aromatic heterocycles. The summed E-state index contributed by atoms with van der Waals surface area (Å²) in [5, 5.41) is 6.11. The van der Waals surface area contributed by atoms with Crippen LogP contribution in [-0.2, 0) is 5.33 Å². The fourth-order valence-corrected chi connectivity index (χ4v) is 3.66. The summed E-state index contributed by atoms with van der Waals surface area (Å²) in [6, 6.07) is 28.3. The van der Waals surface area contributed by atoms with Gasteiger partial charge >= 0.3 is 0 Å². The molecular formula is C21H15Br. The van der Waals surface area contributed by atoms with Gasteiger partial charge in [-0.1, -0.05) is 94.8 Å². The van der Waals surface area contributed by atoms with Crippen molar-refractivity contribution in [2.24, 2.45) is 0 Å². The highest BCUT2D eigenvalue weighted by Gasteiger charge is 2.09. The Morgan fingerprint density at radius 3 is 2.18 bits per heavy atom. The van der Waals surface area contributed by atoms with Crippen LogP contribution in [0.1, 0.15) is 5.56 Å². The van der Waals surface area contributed by atoms with Crippen molar-refractivity contribution in [1.82, 2.24) is 0 Å². The summed E-state index contributed by atoms with van der Waals surface area (Å²) < 4.78 is 0. The number of hydrogen-bond acceptors (Lipinski definition) is 0. The molecule has 0 heterocycles. The van der Waals surface area contributed by atoms with Crippen LogP contribution in [0.15, 0.2) is 78.9 Å². The summed E-state index contributed by atoms with van der Waals surface area (Å²) in [5.41, 5.74) is 3.93. The highest BCUT2D eigenvalue weighted by Crippen LogP contribution is 2.35. The zero-order valence-electron chi connectivity index (χ0n) is 12.1. The van der Waals surface area contributed by atoms with Crippen LogP contribution in [0.25, 0.3) is 32.7 Å². The van der Waals surface area contributed by atoms with Gasteiger partial charge in [0.15, 0.2) is 0 Å². The van der Waals surface area contributed by atoms with Crippen LogP contribution in [0, 0.1) is 0 Å². The zero-order chi connectivity index (χ0) is 14.9. The fourth-order valence-electron chi connectivity index (χ4n) is 3.17. The van der Waals surface area contributed by atoms with E-state index in [4.69, 9.17) is 0 Å². The molecule has 0 N–H and O–H groups in total. The van der Waals surface area contributed by atoms with E-state index >= 15 is 0 Å². The molecule has 22 heavy (non-hydrogen) atoms. The zero-order valence-corrected chi connectivity index (χ0v) is 13.7. The molecule has 0 radical (unpaired) electrons. The van der Waals surface area contributed by atoms with Gasteiger partial charge in [-0.2, -0.15) is 0 Å². The summed E-state index contributed by atoms with van der Waals surface area (Å²) in [6.45, 7) is 0. The molecule has 0 aliphatic carbocycles. The van der Waals surface area contributed by atoms with Crippen molar-refractivity contribution in [3.05, 3.63) is 84.4 Å². The van der Waals surface area contributed by atoms with E-state index in [1.54, 1.807) is 0 Å². The van der Waals surface area contributed by atoms with Gasteiger partial charge in [0.2, 0.25) is 0 Å². The van der Waals surface area contributed by atoms with Crippen LogP contribution >= 0.6 is 15.9 Å². The van der Waals surface area contributed by atoms with Gasteiger partial charge < -0.3 is 0 Å². The monoisotopic (exact) mass is 346 g/mol. The molecule has 0 amide bonds. The topological polar surface area (TPSA) is 0 Å². The minimum Gasteiger partial charge on any atom is -0.0876 e. The molecule has 0 saturated carbocycles. The van der Waals surface area contributed by atoms with Gasteiger partial charge in [0.1, 0.15) is 0 Å². The SMILES string of the molecule is BrCc1ccccc1-c1cccc2c1ccc1ccccc12. The van der Waals surface area contributed by atoms with Crippen molar-refractivity contribution >= 4 is 37.5 Å². The Balaban J connectivity index is 2.09. The second kappa shape index (κ2) is 5.58. The first-order chi connectivity index (χ1) is 10.9. The third kappa shape index (κ3) is 2.13. The molecule has 4 aromatic carbocycles. The molecule has 1 heteroatoms. The van der Waals surface area contributed by atoms with Gasteiger partial charge in [-0.15, -0.1) is 0 Å². The highest BCUT2D eigenvalue weighted by atomic mass is 79.9. The Hall–Kier alpha value is -2.12. The average molecular weight is 347 g/mol. The van der Waals surface area contributed by atoms with Gasteiger partial charge in [-0.3, -0.25) is 0 Å². The molecule has 0 aliphatic rings. The van der Waals surface area contributed by atoms with Crippen LogP contribution in [-0.4, -0.2) is 0 Å². The number of benzene rings is 4. The standard InChI is InChI=1S/C21H15Br/c22-14-16-7-2-4-9-18(16)20-11-5-10-19-17-8-3-1-6-15(17)12-13-21(19)20/h1-13H,14H2. The first-order valence-corrected chi connectivity index (χ1v) is 8.55. The molecule has 106 valence electrons. The fraction of sp³-hybridized carbons (Fsp3) is 0.0476. The van der Waals surface area contributed by atoms with E-state index in [1.807, 2.05) is 0 Å². The molecule has 0 saturated heterocycles. The van der Waals surface area contributed by atoms with E-state index in [0.29, 0.717) is 0 Å². The van der Waals surface area contributed by atoms with Crippen LogP contribution < -0.4 is 0 Å². The maximum absolute atomic E-state index is 3.61. The van der Waals surface area contributed by atoms with Crippen molar-refractivity contribution in [3.63, 3.8) is 0 Å². The molecule has 0 fully saturated rings. The quantitative estimate of drug-likeness (QED) is 0.285. The van der Waals surface area contributed by atoms with E-state index in [1.165, 1.54) is 38.2 Å². The van der Waals surface area contributed by atoms with Crippen LogP contribution in [0.4, 0.5) is 0 Å². The maximum atomic E-state index is 3.61. The molecule has 0 unspecified atom stereocenters. The summed E-state index contributed by atoms with van der Waals surface area (Å²) >= 11 is 3.61. The van der Waals surface area contributed by atoms with Gasteiger partial charge in [-0.25, -0.2) is 0 Å². The molecule has 0 aliphatic heterocycles. The lowest BCUT2D eigenvalue weighted by Gasteiger charge is -2.12. The maximum Gasteiger partial charge on any atom is 0.0289 e. The van der Waals surface area contributed by atoms with Crippen molar-refractivity contribution < 1.29 is 0 Å². The average Bonchev–Trinajstić information content (AvgIpc) is 2.61. The minimum absolute atomic E-state index is 0.868. The summed E-state index contributed by atoms with van der Waals surface area (Å²) in [7, 11) is 0. The lowest BCUT2D eigenvalue weighted by atomic mass is 9.93. The van der Waals surface area contributed by atoms with Crippen molar-refractivity contribution in [3.8, 4) is 11.1 Å². The van der Waals surface area contributed by atoms with Gasteiger partial charge in [0.25, 0.3) is 0 Å². The van der Waals surface area contributed by atoms with Gasteiger partial charge in [0.05, 0.1) is 0 Å². The number of halogens is 1. The smallest absolute Gasteiger partial charge is 0.0289 e. The second-order valence-electron chi connectivity index (χ2n) is 5.48. The normalized spacial score (nSPS) is 11.1. The Labute approximate surface area is 138 Å². The predicted octanol–water partition coefficient (Wildman–Crippen LogP) is 6.55. The Morgan fingerprint density at radius 1 is 0.545 bits per heavy atom. The van der Waals surface area contributed by atoms with E-state index < -0.39 is 0 Å². The van der Waals surface area contributed by atoms with E-state index in [2.05, 4.69) is 94.8 Å². The third-order valence-corrected chi connectivity index (χ3v) is 4.84. The van der Waals surface area contributed by atoms with Crippen molar-refractivity contribution in [1.29, 1.82) is 0 Å². The number of alkyl halides is 1. The van der Waals surface area contributed by atoms with E-state index in [9.17, 15) is 0 Å². The molecule has 0 bridgehead atoms. The minimum atomic E-state index is 0.868. The largest absolute Gasteiger partial charge is 0.0876 e. The van der Waals surface area contributed by atoms with Crippen molar-refractivity contribution in [2.45, 2.75) is 5.33 Å². The number of fused-ring (bicyclic) bond motifs is 3. The number of hydrogen-bond donors (Lipinski definition) is 0. The van der Waals surface area contributed by atoms with Crippen LogP contribution in [0.5, 0.6) is 0 Å². The van der Waals surface area contributed by atoms with Gasteiger partial charge in [-0.05, 0) is 38.2 Å². The summed E-state index contributed by atoms with van der Waals surface area (Å²) in [4.78, 5) is 0. The van der Waals surface area contributed by atoms with Crippen LogP contribution in [0.3, 0.4) is 0 Å². The molecular weight excluding hydrogens is 332 g/mol. The summed E-state index contributed by atoms with van der Waals surface area (Å²) in [6.07, 6.45) is 0. The lowest BCUT2D eigenvalue weighted by molar-refractivity contribution is 1.43. The first-order valence-electron chi connectivity index (χ1n) is 7.43. The Morgan fingerprint density at radius 2 is 1.27 bits per heavy atom. The van der Waals surface area contributed by atoms with Crippen molar-refractivity contribution in [2.75, 3.05) is 0 Å². The summed E-state index contributed by atoms with van der Waals surface area (Å²) in [5.74, 6) is 0. The molecule has 4 rings (SSSR count). The molecule has 0 spiro atoms. The second-order valence-corrected chi connectivity index (χ2v) is 6.04. The molecule has 0 nitrogen and oxygen atoms in total. The van der Waals surface area contributed by atoms with Crippen LogP contribution in [0.2, 0.25) is 0 Å². The van der Waals surface area contributed by atoms with E-state index in [-0.39, 0.29) is 0 Å². The first kappa shape index (κ1) is 13.5. The molecule has 0 atom stereocenters. The highest BCUT2D eigenvalue weighted by molar-refractivity contribution is 9.08. The van der Waals surface area contributed by atoms with E-state index in [0.717, 1.165) is 5.33 Å². The number of rotatable bonds is 2.